The average molecular weight is 233 g/mol. The molecule has 4 heteroatoms. The number of hydrogen-bond acceptors (Lipinski definition) is 3. The molecule has 0 aromatic heterocycles. The minimum atomic E-state index is -0.355. The highest BCUT2D eigenvalue weighted by Gasteiger charge is 2.32. The number of rotatable bonds is 2. The third-order valence-electron chi connectivity index (χ3n) is 3.13. The van der Waals surface area contributed by atoms with Crippen molar-refractivity contribution in [2.75, 3.05) is 7.11 Å². The molecule has 1 aromatic carbocycles. The zero-order valence-corrected chi connectivity index (χ0v) is 10.2. The molecular formula is C13H15NO3. The van der Waals surface area contributed by atoms with E-state index in [1.54, 1.807) is 7.11 Å². The molecule has 0 spiro atoms. The van der Waals surface area contributed by atoms with Gasteiger partial charge in [0.2, 0.25) is 11.8 Å². The van der Waals surface area contributed by atoms with Gasteiger partial charge in [0.1, 0.15) is 5.75 Å². The first-order valence-electron chi connectivity index (χ1n) is 5.51. The third-order valence-corrected chi connectivity index (χ3v) is 3.13. The topological polar surface area (TPSA) is 55.4 Å². The summed E-state index contributed by atoms with van der Waals surface area (Å²) in [5.74, 6) is 0.0404. The van der Waals surface area contributed by atoms with Crippen LogP contribution in [0.4, 0.5) is 0 Å². The molecule has 17 heavy (non-hydrogen) atoms. The number of methoxy groups -OCH3 is 1. The summed E-state index contributed by atoms with van der Waals surface area (Å²) >= 11 is 0. The fourth-order valence-electron chi connectivity index (χ4n) is 2.21. The molecule has 1 heterocycles. The number of carbonyl (C=O) groups excluding carboxylic acids is 2. The van der Waals surface area contributed by atoms with E-state index in [1.807, 2.05) is 26.0 Å². The van der Waals surface area contributed by atoms with Gasteiger partial charge in [-0.3, -0.25) is 14.9 Å². The lowest BCUT2D eigenvalue weighted by Gasteiger charge is -2.14. The maximum Gasteiger partial charge on any atom is 0.234 e. The van der Waals surface area contributed by atoms with Gasteiger partial charge in [-0.05, 0) is 36.6 Å². The smallest absolute Gasteiger partial charge is 0.234 e. The molecule has 1 unspecified atom stereocenters. The summed E-state index contributed by atoms with van der Waals surface area (Å²) in [4.78, 5) is 22.8. The van der Waals surface area contributed by atoms with Crippen LogP contribution in [-0.2, 0) is 9.59 Å². The Morgan fingerprint density at radius 1 is 1.24 bits per heavy atom. The van der Waals surface area contributed by atoms with Crippen LogP contribution >= 0.6 is 0 Å². The second kappa shape index (κ2) is 4.20. The van der Waals surface area contributed by atoms with Crippen LogP contribution < -0.4 is 10.1 Å². The van der Waals surface area contributed by atoms with Crippen LogP contribution in [0.3, 0.4) is 0 Å². The molecule has 0 radical (unpaired) electrons. The Labute approximate surface area is 100.0 Å². The number of nitrogens with one attached hydrogen (secondary N) is 1. The molecule has 4 nitrogen and oxygen atoms in total. The van der Waals surface area contributed by atoms with Crippen molar-refractivity contribution in [1.82, 2.24) is 5.32 Å². The summed E-state index contributed by atoms with van der Waals surface area (Å²) < 4.78 is 5.22. The highest BCUT2D eigenvalue weighted by Crippen LogP contribution is 2.31. The van der Waals surface area contributed by atoms with Crippen LogP contribution in [0.25, 0.3) is 0 Å². The first kappa shape index (κ1) is 11.6. The van der Waals surface area contributed by atoms with Crippen LogP contribution in [0.15, 0.2) is 12.1 Å². The highest BCUT2D eigenvalue weighted by atomic mass is 16.5. The van der Waals surface area contributed by atoms with E-state index in [0.717, 1.165) is 22.4 Å². The van der Waals surface area contributed by atoms with Crippen molar-refractivity contribution in [2.24, 2.45) is 0 Å². The van der Waals surface area contributed by atoms with Gasteiger partial charge in [0.05, 0.1) is 13.0 Å². The Morgan fingerprint density at radius 3 is 2.47 bits per heavy atom. The highest BCUT2D eigenvalue weighted by molar-refractivity contribution is 6.06. The summed E-state index contributed by atoms with van der Waals surface area (Å²) in [5, 5.41) is 2.33. The second-order valence-electron chi connectivity index (χ2n) is 4.35. The average Bonchev–Trinajstić information content (AvgIpc) is 2.60. The van der Waals surface area contributed by atoms with Gasteiger partial charge in [-0.15, -0.1) is 0 Å². The number of hydrogen-bond donors (Lipinski definition) is 1. The van der Waals surface area contributed by atoms with Crippen molar-refractivity contribution in [3.8, 4) is 5.75 Å². The Morgan fingerprint density at radius 2 is 1.94 bits per heavy atom. The van der Waals surface area contributed by atoms with E-state index >= 15 is 0 Å². The van der Waals surface area contributed by atoms with Crippen LogP contribution in [0, 0.1) is 13.8 Å². The maximum absolute atomic E-state index is 11.6. The van der Waals surface area contributed by atoms with Crippen LogP contribution in [0.1, 0.15) is 29.0 Å². The van der Waals surface area contributed by atoms with Crippen LogP contribution in [0.2, 0.25) is 0 Å². The molecule has 1 saturated heterocycles. The van der Waals surface area contributed by atoms with Crippen molar-refractivity contribution in [1.29, 1.82) is 0 Å². The number of benzene rings is 1. The fourth-order valence-corrected chi connectivity index (χ4v) is 2.21. The third kappa shape index (κ3) is 2.02. The van der Waals surface area contributed by atoms with E-state index in [1.165, 1.54) is 0 Å². The monoisotopic (exact) mass is 233 g/mol. The van der Waals surface area contributed by atoms with Crippen molar-refractivity contribution in [3.63, 3.8) is 0 Å². The molecule has 1 aromatic rings. The van der Waals surface area contributed by atoms with E-state index in [2.05, 4.69) is 5.32 Å². The van der Waals surface area contributed by atoms with Gasteiger partial charge in [0.15, 0.2) is 0 Å². The first-order chi connectivity index (χ1) is 8.02. The molecule has 1 aliphatic heterocycles. The van der Waals surface area contributed by atoms with E-state index in [-0.39, 0.29) is 24.2 Å². The Balaban J connectivity index is 2.43. The molecule has 1 atom stereocenters. The Kier molecular flexibility index (Phi) is 2.88. The predicted octanol–water partition coefficient (Wildman–Crippen LogP) is 1.44. The van der Waals surface area contributed by atoms with Gasteiger partial charge in [-0.25, -0.2) is 0 Å². The number of imide groups is 1. The summed E-state index contributed by atoms with van der Waals surface area (Å²) in [6, 6.07) is 3.83. The number of ether oxygens (including phenoxy) is 1. The van der Waals surface area contributed by atoms with E-state index in [0.29, 0.717) is 0 Å². The Hall–Kier alpha value is -1.84. The van der Waals surface area contributed by atoms with Crippen molar-refractivity contribution < 1.29 is 14.3 Å². The summed E-state index contributed by atoms with van der Waals surface area (Å²) in [5.41, 5.74) is 2.86. The normalized spacial score (nSPS) is 19.4. The molecule has 1 N–H and O–H groups in total. The quantitative estimate of drug-likeness (QED) is 0.786. The van der Waals surface area contributed by atoms with Gasteiger partial charge < -0.3 is 4.74 Å². The van der Waals surface area contributed by atoms with Gasteiger partial charge in [0, 0.05) is 6.42 Å². The minimum absolute atomic E-state index is 0.201. The molecular weight excluding hydrogens is 218 g/mol. The number of amides is 2. The molecule has 0 aliphatic carbocycles. The predicted molar refractivity (Wildman–Crippen MR) is 63.0 cm³/mol. The Bertz CT molecular complexity index is 494. The first-order valence-corrected chi connectivity index (χ1v) is 5.51. The zero-order valence-electron chi connectivity index (χ0n) is 10.2. The SMILES string of the molecule is COc1cc(C)c(C2CC(=O)NC2=O)cc1C. The molecule has 1 fully saturated rings. The van der Waals surface area contributed by atoms with E-state index < -0.39 is 0 Å². The van der Waals surface area contributed by atoms with Crippen molar-refractivity contribution in [3.05, 3.63) is 28.8 Å². The molecule has 0 saturated carbocycles. The van der Waals surface area contributed by atoms with E-state index in [4.69, 9.17) is 4.74 Å². The fraction of sp³-hybridized carbons (Fsp3) is 0.385. The minimum Gasteiger partial charge on any atom is -0.496 e. The summed E-state index contributed by atoms with van der Waals surface area (Å²) in [6.45, 7) is 3.85. The molecule has 2 amide bonds. The van der Waals surface area contributed by atoms with Gasteiger partial charge in [-0.1, -0.05) is 6.07 Å². The standard InChI is InChI=1S/C13H15NO3/c1-7-5-11(17-3)8(2)4-9(7)10-6-12(15)14-13(10)16/h4-5,10H,6H2,1-3H3,(H,14,15,16). The summed E-state index contributed by atoms with van der Waals surface area (Å²) in [7, 11) is 1.62. The second-order valence-corrected chi connectivity index (χ2v) is 4.35. The number of aryl methyl sites for hydroxylation is 2. The molecule has 2 rings (SSSR count). The van der Waals surface area contributed by atoms with Crippen molar-refractivity contribution in [2.45, 2.75) is 26.2 Å². The largest absolute Gasteiger partial charge is 0.496 e. The number of carbonyl (C=O) groups is 2. The molecule has 90 valence electrons. The van der Waals surface area contributed by atoms with Gasteiger partial charge in [0.25, 0.3) is 0 Å². The zero-order chi connectivity index (χ0) is 12.6. The molecule has 1 aliphatic rings. The van der Waals surface area contributed by atoms with E-state index in [9.17, 15) is 9.59 Å². The molecule has 0 bridgehead atoms. The lowest BCUT2D eigenvalue weighted by atomic mass is 9.91. The lowest BCUT2D eigenvalue weighted by Crippen LogP contribution is -2.21. The van der Waals surface area contributed by atoms with Gasteiger partial charge in [-0.2, -0.15) is 0 Å². The lowest BCUT2D eigenvalue weighted by molar-refractivity contribution is -0.125. The maximum atomic E-state index is 11.6. The van der Waals surface area contributed by atoms with Crippen LogP contribution in [-0.4, -0.2) is 18.9 Å². The summed E-state index contributed by atoms with van der Waals surface area (Å²) in [6.07, 6.45) is 0.242. The van der Waals surface area contributed by atoms with Gasteiger partial charge >= 0.3 is 0 Å². The van der Waals surface area contributed by atoms with Crippen molar-refractivity contribution >= 4 is 11.8 Å². The van der Waals surface area contributed by atoms with Crippen LogP contribution in [0.5, 0.6) is 5.75 Å².